The molecule has 0 spiro atoms. The maximum absolute atomic E-state index is 12.8. The third kappa shape index (κ3) is 3.70. The van der Waals surface area contributed by atoms with Crippen molar-refractivity contribution in [2.75, 3.05) is 24.5 Å². The van der Waals surface area contributed by atoms with E-state index in [2.05, 4.69) is 46.2 Å². The second-order valence-corrected chi connectivity index (χ2v) is 8.29. The van der Waals surface area contributed by atoms with Gasteiger partial charge in [0.05, 0.1) is 16.1 Å². The van der Waals surface area contributed by atoms with Gasteiger partial charge in [0, 0.05) is 31.7 Å². The molecular formula is C19H27N5OS. The number of nitrogens with zero attached hydrogens (tertiary/aromatic N) is 2. The van der Waals surface area contributed by atoms with Crippen LogP contribution in [-0.4, -0.2) is 42.6 Å². The Labute approximate surface area is 158 Å². The van der Waals surface area contributed by atoms with Crippen molar-refractivity contribution in [3.05, 3.63) is 24.3 Å². The zero-order valence-electron chi connectivity index (χ0n) is 15.2. The van der Waals surface area contributed by atoms with Crippen LogP contribution in [0.4, 0.5) is 5.13 Å². The number of anilines is 1. The molecule has 0 radical (unpaired) electrons. The lowest BCUT2D eigenvalue weighted by atomic mass is 9.96. The van der Waals surface area contributed by atoms with Crippen LogP contribution in [0.1, 0.15) is 32.6 Å². The fourth-order valence-corrected chi connectivity index (χ4v) is 4.98. The zero-order chi connectivity index (χ0) is 17.9. The summed E-state index contributed by atoms with van der Waals surface area (Å²) in [6.45, 7) is 4.73. The van der Waals surface area contributed by atoms with Crippen LogP contribution in [0.3, 0.4) is 0 Å². The van der Waals surface area contributed by atoms with Crippen molar-refractivity contribution in [1.82, 2.24) is 21.2 Å². The number of amides is 1. The van der Waals surface area contributed by atoms with E-state index in [0.717, 1.165) is 49.4 Å². The number of hydrogen-bond donors (Lipinski definition) is 3. The molecule has 4 rings (SSSR count). The minimum absolute atomic E-state index is 0.0211. The van der Waals surface area contributed by atoms with Gasteiger partial charge in [0.15, 0.2) is 5.13 Å². The van der Waals surface area contributed by atoms with Crippen LogP contribution in [0, 0.1) is 5.92 Å². The SMILES string of the molecule is CCCC1NNCC1C(=O)NC1CCCN(c2nc3ccccc3s2)C1. The Bertz CT molecular complexity index is 730. The zero-order valence-corrected chi connectivity index (χ0v) is 16.0. The van der Waals surface area contributed by atoms with E-state index in [4.69, 9.17) is 4.98 Å². The summed E-state index contributed by atoms with van der Waals surface area (Å²) in [5.74, 6) is 0.199. The summed E-state index contributed by atoms with van der Waals surface area (Å²) in [6, 6.07) is 8.71. The number of piperidine rings is 1. The summed E-state index contributed by atoms with van der Waals surface area (Å²) in [5, 5.41) is 4.37. The molecule has 0 saturated carbocycles. The number of nitrogens with one attached hydrogen (secondary N) is 3. The van der Waals surface area contributed by atoms with E-state index >= 15 is 0 Å². The average molecular weight is 374 g/mol. The molecule has 140 valence electrons. The lowest BCUT2D eigenvalue weighted by Crippen LogP contribution is -2.51. The number of carbonyl (C=O) groups excluding carboxylic acids is 1. The standard InChI is InChI=1S/C19H27N5OS/c1-2-6-15-14(11-20-23-15)18(25)21-13-7-5-10-24(12-13)19-22-16-8-3-4-9-17(16)26-19/h3-4,8-9,13-15,20,23H,2,5-7,10-12H2,1H3,(H,21,25). The highest BCUT2D eigenvalue weighted by molar-refractivity contribution is 7.22. The monoisotopic (exact) mass is 373 g/mol. The number of fused-ring (bicyclic) bond motifs is 1. The first-order valence-electron chi connectivity index (χ1n) is 9.64. The van der Waals surface area contributed by atoms with E-state index in [0.29, 0.717) is 6.54 Å². The van der Waals surface area contributed by atoms with Crippen molar-refractivity contribution in [1.29, 1.82) is 0 Å². The number of hydrogen-bond acceptors (Lipinski definition) is 6. The second-order valence-electron chi connectivity index (χ2n) is 7.28. The lowest BCUT2D eigenvalue weighted by molar-refractivity contribution is -0.125. The molecule has 6 nitrogen and oxygen atoms in total. The molecule has 26 heavy (non-hydrogen) atoms. The highest BCUT2D eigenvalue weighted by atomic mass is 32.1. The van der Waals surface area contributed by atoms with E-state index in [1.54, 1.807) is 11.3 Å². The van der Waals surface area contributed by atoms with Gasteiger partial charge in [-0.2, -0.15) is 0 Å². The normalized spacial score (nSPS) is 26.3. The van der Waals surface area contributed by atoms with Crippen molar-refractivity contribution in [3.8, 4) is 0 Å². The third-order valence-corrected chi connectivity index (χ3v) is 6.45. The number of hydrazine groups is 1. The van der Waals surface area contributed by atoms with Crippen LogP contribution in [-0.2, 0) is 4.79 Å². The summed E-state index contributed by atoms with van der Waals surface area (Å²) in [7, 11) is 0. The Hall–Kier alpha value is -1.70. The Morgan fingerprint density at radius 1 is 1.42 bits per heavy atom. The first kappa shape index (κ1) is 17.7. The number of para-hydroxylation sites is 1. The predicted octanol–water partition coefficient (Wildman–Crippen LogP) is 2.27. The van der Waals surface area contributed by atoms with E-state index in [1.165, 1.54) is 4.70 Å². The molecule has 3 unspecified atom stereocenters. The molecular weight excluding hydrogens is 346 g/mol. The molecule has 0 bridgehead atoms. The minimum atomic E-state index is 0.0211. The van der Waals surface area contributed by atoms with Crippen LogP contribution in [0.15, 0.2) is 24.3 Å². The molecule has 1 aromatic heterocycles. The fraction of sp³-hybridized carbons (Fsp3) is 0.579. The quantitative estimate of drug-likeness (QED) is 0.750. The smallest absolute Gasteiger partial charge is 0.226 e. The Morgan fingerprint density at radius 3 is 3.15 bits per heavy atom. The largest absolute Gasteiger partial charge is 0.351 e. The molecule has 3 N–H and O–H groups in total. The summed E-state index contributed by atoms with van der Waals surface area (Å²) in [4.78, 5) is 19.9. The van der Waals surface area contributed by atoms with Crippen molar-refractivity contribution in [3.63, 3.8) is 0 Å². The van der Waals surface area contributed by atoms with Gasteiger partial charge in [0.2, 0.25) is 5.91 Å². The number of rotatable bonds is 5. The van der Waals surface area contributed by atoms with Crippen LogP contribution in [0.2, 0.25) is 0 Å². The van der Waals surface area contributed by atoms with E-state index in [9.17, 15) is 4.79 Å². The fourth-order valence-electron chi connectivity index (χ4n) is 3.97. The van der Waals surface area contributed by atoms with Crippen molar-refractivity contribution >= 4 is 32.6 Å². The third-order valence-electron chi connectivity index (χ3n) is 5.35. The van der Waals surface area contributed by atoms with Crippen molar-refractivity contribution < 1.29 is 4.79 Å². The van der Waals surface area contributed by atoms with Gasteiger partial charge >= 0.3 is 0 Å². The summed E-state index contributed by atoms with van der Waals surface area (Å²) in [6.07, 6.45) is 4.23. The topological polar surface area (TPSA) is 69.3 Å². The molecule has 3 heterocycles. The Morgan fingerprint density at radius 2 is 2.31 bits per heavy atom. The average Bonchev–Trinajstić information content (AvgIpc) is 3.29. The van der Waals surface area contributed by atoms with E-state index in [1.807, 2.05) is 6.07 Å². The van der Waals surface area contributed by atoms with Crippen LogP contribution < -0.4 is 21.1 Å². The Balaban J connectivity index is 1.39. The molecule has 1 aromatic carbocycles. The van der Waals surface area contributed by atoms with Gasteiger partial charge in [-0.05, 0) is 31.4 Å². The van der Waals surface area contributed by atoms with Crippen LogP contribution >= 0.6 is 11.3 Å². The van der Waals surface area contributed by atoms with Crippen molar-refractivity contribution in [2.45, 2.75) is 44.7 Å². The van der Waals surface area contributed by atoms with Gasteiger partial charge in [-0.1, -0.05) is 36.8 Å². The Kier molecular flexibility index (Phi) is 5.38. The van der Waals surface area contributed by atoms with Gasteiger partial charge < -0.3 is 10.2 Å². The molecule has 2 aliphatic rings. The van der Waals surface area contributed by atoms with E-state index in [-0.39, 0.29) is 23.9 Å². The van der Waals surface area contributed by atoms with Crippen LogP contribution in [0.5, 0.6) is 0 Å². The van der Waals surface area contributed by atoms with Gasteiger partial charge in [-0.3, -0.25) is 15.6 Å². The summed E-state index contributed by atoms with van der Waals surface area (Å²) < 4.78 is 1.22. The molecule has 3 atom stereocenters. The highest BCUT2D eigenvalue weighted by Crippen LogP contribution is 2.30. The van der Waals surface area contributed by atoms with E-state index < -0.39 is 0 Å². The summed E-state index contributed by atoms with van der Waals surface area (Å²) >= 11 is 1.74. The molecule has 2 fully saturated rings. The first-order chi connectivity index (χ1) is 12.7. The number of benzene rings is 1. The lowest BCUT2D eigenvalue weighted by Gasteiger charge is -2.33. The second kappa shape index (κ2) is 7.90. The van der Waals surface area contributed by atoms with Gasteiger partial charge in [-0.15, -0.1) is 0 Å². The molecule has 2 saturated heterocycles. The van der Waals surface area contributed by atoms with Crippen LogP contribution in [0.25, 0.3) is 10.2 Å². The highest BCUT2D eigenvalue weighted by Gasteiger charge is 2.34. The maximum atomic E-state index is 12.8. The number of thiazole rings is 1. The van der Waals surface area contributed by atoms with Crippen molar-refractivity contribution in [2.24, 2.45) is 5.92 Å². The van der Waals surface area contributed by atoms with Gasteiger partial charge in [-0.25, -0.2) is 4.98 Å². The summed E-state index contributed by atoms with van der Waals surface area (Å²) in [5.41, 5.74) is 7.45. The molecule has 0 aliphatic carbocycles. The number of aromatic nitrogens is 1. The molecule has 2 aromatic rings. The molecule has 1 amide bonds. The minimum Gasteiger partial charge on any atom is -0.351 e. The molecule has 2 aliphatic heterocycles. The maximum Gasteiger partial charge on any atom is 0.226 e. The first-order valence-corrected chi connectivity index (χ1v) is 10.5. The predicted molar refractivity (Wildman–Crippen MR) is 106 cm³/mol. The molecule has 7 heteroatoms. The van der Waals surface area contributed by atoms with Gasteiger partial charge in [0.1, 0.15) is 0 Å². The number of carbonyl (C=O) groups is 1. The van der Waals surface area contributed by atoms with Gasteiger partial charge in [0.25, 0.3) is 0 Å².